The van der Waals surface area contributed by atoms with E-state index in [1.807, 2.05) is 48.5 Å². The number of nitrogens with one attached hydrogen (secondary N) is 2. The summed E-state index contributed by atoms with van der Waals surface area (Å²) in [6.45, 7) is 0.529. The molecule has 0 aliphatic heterocycles. The third kappa shape index (κ3) is 7.99. The van der Waals surface area contributed by atoms with Crippen LogP contribution in [0.4, 0.5) is 0 Å². The summed E-state index contributed by atoms with van der Waals surface area (Å²) in [6, 6.07) is 15.0. The van der Waals surface area contributed by atoms with E-state index in [0.29, 0.717) is 32.4 Å². The zero-order chi connectivity index (χ0) is 30.2. The van der Waals surface area contributed by atoms with Gasteiger partial charge in [0.05, 0.1) is 22.8 Å². The van der Waals surface area contributed by atoms with E-state index in [4.69, 9.17) is 70.8 Å². The van der Waals surface area contributed by atoms with Gasteiger partial charge in [-0.25, -0.2) is 9.97 Å². The van der Waals surface area contributed by atoms with Crippen LogP contribution in [0.15, 0.2) is 61.2 Å². The van der Waals surface area contributed by atoms with Crippen molar-refractivity contribution in [2.75, 3.05) is 0 Å². The molecule has 6 rings (SSSR count). The molecule has 3 radical (unpaired) electrons. The monoisotopic (exact) mass is 713 g/mol. The molecule has 2 aliphatic carbocycles. The van der Waals surface area contributed by atoms with E-state index in [1.165, 1.54) is 12.7 Å². The van der Waals surface area contributed by atoms with Crippen LogP contribution in [0.5, 0.6) is 0 Å². The Morgan fingerprint density at radius 1 is 0.727 bits per heavy atom. The van der Waals surface area contributed by atoms with Gasteiger partial charge in [0.25, 0.3) is 0 Å². The maximum atomic E-state index is 11.2. The minimum absolute atomic E-state index is 0. The standard InChI is InChI=1S/2C14H15Cl2N3OS.CH4.B/c2*15-11-4-2-1-3-10(11)7-14(20,13(16)5-6-13)8-19-12(21)17-9-18-19;;/h2*1-4,9,20H,5-8H2,(H,17,18,21);1H4;. The summed E-state index contributed by atoms with van der Waals surface area (Å²) in [5.41, 5.74) is -0.520. The first-order valence-electron chi connectivity index (χ1n) is 13.4. The van der Waals surface area contributed by atoms with E-state index >= 15 is 0 Å². The van der Waals surface area contributed by atoms with Crippen molar-refractivity contribution >= 4 is 79.3 Å². The number of H-pyrrole nitrogens is 2. The molecule has 2 aliphatic rings. The summed E-state index contributed by atoms with van der Waals surface area (Å²) in [5.74, 6) is 0. The van der Waals surface area contributed by atoms with Gasteiger partial charge < -0.3 is 10.2 Å². The van der Waals surface area contributed by atoms with E-state index in [9.17, 15) is 10.2 Å². The number of rotatable bonds is 10. The third-order valence-electron chi connectivity index (χ3n) is 8.01. The van der Waals surface area contributed by atoms with E-state index in [1.54, 1.807) is 9.36 Å². The number of halogens is 4. The zero-order valence-electron chi connectivity index (χ0n) is 23.0. The maximum absolute atomic E-state index is 11.2. The van der Waals surface area contributed by atoms with Crippen LogP contribution in [0.25, 0.3) is 0 Å². The smallest absolute Gasteiger partial charge is 0.215 e. The molecule has 2 aromatic heterocycles. The topological polar surface area (TPSA) is 108 Å². The fraction of sp³-hybridized carbons (Fsp3) is 0.448. The molecule has 2 saturated carbocycles. The number of alkyl halides is 2. The fourth-order valence-electron chi connectivity index (χ4n) is 5.08. The lowest BCUT2D eigenvalue weighted by Crippen LogP contribution is -2.47. The minimum Gasteiger partial charge on any atom is -0.386 e. The Balaban J connectivity index is 0.000000230. The molecule has 0 spiro atoms. The number of aliphatic hydroxyl groups is 2. The summed E-state index contributed by atoms with van der Waals surface area (Å²) in [4.78, 5) is 6.67. The van der Waals surface area contributed by atoms with Crippen LogP contribution in [0.3, 0.4) is 0 Å². The molecule has 0 amide bonds. The van der Waals surface area contributed by atoms with E-state index in [-0.39, 0.29) is 28.9 Å². The molecule has 44 heavy (non-hydrogen) atoms. The van der Waals surface area contributed by atoms with Crippen LogP contribution >= 0.6 is 70.8 Å². The summed E-state index contributed by atoms with van der Waals surface area (Å²) < 4.78 is 4.06. The van der Waals surface area contributed by atoms with E-state index < -0.39 is 21.0 Å². The van der Waals surface area contributed by atoms with Gasteiger partial charge in [-0.2, -0.15) is 0 Å². The van der Waals surface area contributed by atoms with Gasteiger partial charge in [0.15, 0.2) is 0 Å². The van der Waals surface area contributed by atoms with Crippen molar-refractivity contribution in [2.24, 2.45) is 0 Å². The number of aromatic amines is 2. The highest BCUT2D eigenvalue weighted by atomic mass is 35.5. The SMILES string of the molecule is C.OC(Cc1ccccc1Cl)(Cn1[nH]cnc1=S)C1(Cl)CC1.OC(Cc1ccccc1Cl)(Cn1[nH]cnc1=S)C1(Cl)CC1.[B]. The maximum Gasteiger partial charge on any atom is 0.215 e. The second kappa shape index (κ2) is 14.4. The molecule has 2 atom stereocenters. The van der Waals surface area contributed by atoms with Crippen LogP contribution in [0.1, 0.15) is 44.2 Å². The average Bonchev–Trinajstić information content (AvgIpc) is 3.81. The molecule has 2 fully saturated rings. The van der Waals surface area contributed by atoms with Gasteiger partial charge in [0, 0.05) is 31.3 Å². The number of hydrogen-bond acceptors (Lipinski definition) is 6. The lowest BCUT2D eigenvalue weighted by atomic mass is 9.89. The second-order valence-electron chi connectivity index (χ2n) is 11.0. The zero-order valence-corrected chi connectivity index (χ0v) is 27.7. The first-order valence-corrected chi connectivity index (χ1v) is 15.7. The summed E-state index contributed by atoms with van der Waals surface area (Å²) in [6.07, 6.45) is 6.86. The predicted octanol–water partition coefficient (Wildman–Crippen LogP) is 6.93. The van der Waals surface area contributed by atoms with Gasteiger partial charge in [-0.1, -0.05) is 67.0 Å². The summed E-state index contributed by atoms with van der Waals surface area (Å²) in [5, 5.41) is 29.4. The average molecular weight is 715 g/mol. The molecule has 4 N–H and O–H groups in total. The van der Waals surface area contributed by atoms with Crippen molar-refractivity contribution < 1.29 is 10.2 Å². The van der Waals surface area contributed by atoms with Crippen molar-refractivity contribution in [3.63, 3.8) is 0 Å². The van der Waals surface area contributed by atoms with Crippen molar-refractivity contribution in [3.8, 4) is 0 Å². The molecule has 8 nitrogen and oxygen atoms in total. The van der Waals surface area contributed by atoms with Crippen molar-refractivity contribution in [1.82, 2.24) is 29.5 Å². The molecule has 2 aromatic carbocycles. The Bertz CT molecular complexity index is 1550. The highest BCUT2D eigenvalue weighted by Gasteiger charge is 2.59. The summed E-state index contributed by atoms with van der Waals surface area (Å²) >= 11 is 35.8. The van der Waals surface area contributed by atoms with Gasteiger partial charge in [0.1, 0.15) is 23.9 Å². The molecule has 4 aromatic rings. The van der Waals surface area contributed by atoms with Gasteiger partial charge in [0.2, 0.25) is 9.54 Å². The fourth-order valence-corrected chi connectivity index (χ4v) is 6.27. The van der Waals surface area contributed by atoms with Crippen LogP contribution in [-0.4, -0.2) is 69.1 Å². The highest BCUT2D eigenvalue weighted by molar-refractivity contribution is 7.71. The Morgan fingerprint density at radius 3 is 1.34 bits per heavy atom. The van der Waals surface area contributed by atoms with Crippen LogP contribution in [0, 0.1) is 9.54 Å². The van der Waals surface area contributed by atoms with Gasteiger partial charge in [-0.3, -0.25) is 19.6 Å². The quantitative estimate of drug-likeness (QED) is 0.0807. The molecule has 15 heteroatoms. The largest absolute Gasteiger partial charge is 0.386 e. The Hall–Kier alpha value is -1.70. The minimum atomic E-state index is -1.13. The predicted molar refractivity (Wildman–Crippen MR) is 183 cm³/mol. The van der Waals surface area contributed by atoms with E-state index in [0.717, 1.165) is 36.8 Å². The lowest BCUT2D eigenvalue weighted by Gasteiger charge is -2.33. The number of aromatic nitrogens is 6. The van der Waals surface area contributed by atoms with Gasteiger partial charge >= 0.3 is 0 Å². The number of nitrogens with zero attached hydrogens (tertiary/aromatic N) is 4. The van der Waals surface area contributed by atoms with Crippen molar-refractivity contribution in [2.45, 2.75) is 80.0 Å². The van der Waals surface area contributed by atoms with Crippen molar-refractivity contribution in [1.29, 1.82) is 0 Å². The summed E-state index contributed by atoms with van der Waals surface area (Å²) in [7, 11) is 0. The Labute approximate surface area is 289 Å². The van der Waals surface area contributed by atoms with E-state index in [2.05, 4.69) is 20.2 Å². The Kier molecular flexibility index (Phi) is 12.0. The highest BCUT2D eigenvalue weighted by Crippen LogP contribution is 2.54. The van der Waals surface area contributed by atoms with Crippen LogP contribution < -0.4 is 0 Å². The van der Waals surface area contributed by atoms with Crippen LogP contribution in [0.2, 0.25) is 10.0 Å². The normalized spacial score (nSPS) is 18.3. The van der Waals surface area contributed by atoms with Gasteiger partial charge in [-0.15, -0.1) is 23.2 Å². The molecule has 0 saturated heterocycles. The third-order valence-corrected chi connectivity index (χ3v) is 10.9. The first kappa shape index (κ1) is 36.8. The molecule has 2 unspecified atom stereocenters. The number of hydrogen-bond donors (Lipinski definition) is 4. The number of benzene rings is 2. The lowest BCUT2D eigenvalue weighted by molar-refractivity contribution is 0.00694. The second-order valence-corrected chi connectivity index (χ2v) is 14.0. The van der Waals surface area contributed by atoms with Crippen molar-refractivity contribution in [3.05, 3.63) is 91.9 Å². The Morgan fingerprint density at radius 2 is 1.07 bits per heavy atom. The van der Waals surface area contributed by atoms with Gasteiger partial charge in [-0.05, 0) is 73.4 Å². The van der Waals surface area contributed by atoms with Crippen LogP contribution in [-0.2, 0) is 25.9 Å². The molecule has 235 valence electrons. The first-order chi connectivity index (χ1) is 19.9. The molecule has 2 heterocycles. The molecular formula is C29H34BCl4N6O2S2. The molecule has 0 bridgehead atoms. The molecular weight excluding hydrogens is 681 g/mol.